The first kappa shape index (κ1) is 29.4. The largest absolute Gasteiger partial charge is 0.374 e. The lowest BCUT2D eigenvalue weighted by Gasteiger charge is -2.40. The van der Waals surface area contributed by atoms with Crippen LogP contribution in [0.4, 0.5) is 0 Å². The Kier molecular flexibility index (Phi) is 9.07. The molecule has 0 spiro atoms. The molecule has 0 atom stereocenters. The van der Waals surface area contributed by atoms with E-state index in [0.717, 1.165) is 17.4 Å². The van der Waals surface area contributed by atoms with Crippen LogP contribution in [-0.2, 0) is 42.8 Å². The molecule has 10 nitrogen and oxygen atoms in total. The monoisotopic (exact) mass is 568 g/mol. The maximum Gasteiger partial charge on any atom is 0.252 e. The highest BCUT2D eigenvalue weighted by atomic mass is 32.2. The van der Waals surface area contributed by atoms with Crippen molar-refractivity contribution in [3.05, 3.63) is 83.2 Å². The molecule has 0 aliphatic heterocycles. The second-order valence-corrected chi connectivity index (χ2v) is 12.4. The fourth-order valence-electron chi connectivity index (χ4n) is 5.10. The first-order chi connectivity index (χ1) is 19.0. The van der Waals surface area contributed by atoms with Gasteiger partial charge in [-0.3, -0.25) is 19.1 Å². The summed E-state index contributed by atoms with van der Waals surface area (Å²) in [6.07, 6.45) is 5.87. The molecule has 2 aromatic carbocycles. The number of primary amides is 1. The standard InChI is InChI=1S/C29H36N4O6S/c1-32(38-2)27(34)18-29(15-13-23(14-16-29)39-20-22-7-5-4-6-8-22)33-19-25(28(30)35)26(31-33)17-21-9-11-24(12-10-21)40(3,36)37/h4-12,19,23H,13-18,20H2,1-3H3,(H2,30,35). The van der Waals surface area contributed by atoms with E-state index in [-0.39, 0.29) is 35.3 Å². The molecule has 0 radical (unpaired) electrons. The number of amides is 2. The zero-order valence-electron chi connectivity index (χ0n) is 23.1. The van der Waals surface area contributed by atoms with Crippen molar-refractivity contribution in [2.24, 2.45) is 5.73 Å². The molecule has 40 heavy (non-hydrogen) atoms. The van der Waals surface area contributed by atoms with E-state index in [9.17, 15) is 18.0 Å². The third-order valence-corrected chi connectivity index (χ3v) is 8.69. The van der Waals surface area contributed by atoms with Gasteiger partial charge >= 0.3 is 0 Å². The molecule has 1 aromatic heterocycles. The summed E-state index contributed by atoms with van der Waals surface area (Å²) in [5, 5.41) is 5.99. The van der Waals surface area contributed by atoms with E-state index in [4.69, 9.17) is 20.4 Å². The normalized spacial score (nSPS) is 19.3. The van der Waals surface area contributed by atoms with E-state index in [1.54, 1.807) is 30.1 Å². The number of ether oxygens (including phenoxy) is 1. The van der Waals surface area contributed by atoms with E-state index < -0.39 is 21.3 Å². The Morgan fingerprint density at radius 3 is 2.30 bits per heavy atom. The van der Waals surface area contributed by atoms with Crippen LogP contribution in [0.25, 0.3) is 0 Å². The van der Waals surface area contributed by atoms with Gasteiger partial charge in [-0.1, -0.05) is 42.5 Å². The molecule has 1 aliphatic rings. The highest BCUT2D eigenvalue weighted by Gasteiger charge is 2.41. The molecule has 214 valence electrons. The highest BCUT2D eigenvalue weighted by Crippen LogP contribution is 2.40. The van der Waals surface area contributed by atoms with E-state index in [1.807, 2.05) is 30.3 Å². The lowest BCUT2D eigenvalue weighted by atomic mass is 9.77. The maximum atomic E-state index is 13.0. The van der Waals surface area contributed by atoms with Crippen LogP contribution in [0.1, 0.15) is 59.3 Å². The minimum Gasteiger partial charge on any atom is -0.374 e. The third kappa shape index (κ3) is 6.96. The summed E-state index contributed by atoms with van der Waals surface area (Å²) in [5.41, 5.74) is 7.65. The Hall–Kier alpha value is -3.54. The van der Waals surface area contributed by atoms with Crippen LogP contribution in [0.5, 0.6) is 0 Å². The first-order valence-corrected chi connectivity index (χ1v) is 15.0. The summed E-state index contributed by atoms with van der Waals surface area (Å²) in [6.45, 7) is 0.514. The fourth-order valence-corrected chi connectivity index (χ4v) is 5.73. The van der Waals surface area contributed by atoms with Gasteiger partial charge in [0.15, 0.2) is 9.84 Å². The predicted octanol–water partition coefficient (Wildman–Crippen LogP) is 3.24. The van der Waals surface area contributed by atoms with Crippen LogP contribution in [-0.4, -0.2) is 61.6 Å². The number of benzene rings is 2. The highest BCUT2D eigenvalue weighted by molar-refractivity contribution is 7.90. The number of nitrogens with zero attached hydrogens (tertiary/aromatic N) is 3. The summed E-state index contributed by atoms with van der Waals surface area (Å²) < 4.78 is 31.6. The SMILES string of the molecule is CON(C)C(=O)CC1(n2cc(C(N)=O)c(Cc3ccc(S(C)(=O)=O)cc3)n2)CCC(OCc2ccccc2)CC1. The van der Waals surface area contributed by atoms with E-state index in [1.165, 1.54) is 24.3 Å². The molecule has 1 saturated carbocycles. The van der Waals surface area contributed by atoms with E-state index >= 15 is 0 Å². The molecule has 1 aliphatic carbocycles. The van der Waals surface area contributed by atoms with Crippen molar-refractivity contribution in [3.63, 3.8) is 0 Å². The van der Waals surface area contributed by atoms with Gasteiger partial charge in [0.2, 0.25) is 5.91 Å². The summed E-state index contributed by atoms with van der Waals surface area (Å²) in [4.78, 5) is 30.8. The van der Waals surface area contributed by atoms with Gasteiger partial charge in [-0.2, -0.15) is 5.10 Å². The molecule has 2 N–H and O–H groups in total. The van der Waals surface area contributed by atoms with Crippen molar-refractivity contribution in [1.29, 1.82) is 0 Å². The predicted molar refractivity (Wildman–Crippen MR) is 149 cm³/mol. The number of hydroxylamine groups is 2. The topological polar surface area (TPSA) is 134 Å². The van der Waals surface area contributed by atoms with Crippen LogP contribution in [0.15, 0.2) is 65.7 Å². The van der Waals surface area contributed by atoms with Gasteiger partial charge in [-0.05, 0) is 48.9 Å². The smallest absolute Gasteiger partial charge is 0.252 e. The van der Waals surface area contributed by atoms with Crippen LogP contribution in [0, 0.1) is 0 Å². The first-order valence-electron chi connectivity index (χ1n) is 13.1. The van der Waals surface area contributed by atoms with Crippen molar-refractivity contribution >= 4 is 21.7 Å². The van der Waals surface area contributed by atoms with Crippen molar-refractivity contribution in [2.45, 2.75) is 61.7 Å². The molecule has 2 amide bonds. The molecule has 1 heterocycles. The van der Waals surface area contributed by atoms with Crippen LogP contribution in [0.2, 0.25) is 0 Å². The minimum absolute atomic E-state index is 0.0302. The number of sulfone groups is 1. The number of rotatable bonds is 11. The van der Waals surface area contributed by atoms with Crippen LogP contribution >= 0.6 is 0 Å². The van der Waals surface area contributed by atoms with Gasteiger partial charge in [0, 0.05) is 25.9 Å². The van der Waals surface area contributed by atoms with Gasteiger partial charge in [0.05, 0.1) is 47.9 Å². The summed E-state index contributed by atoms with van der Waals surface area (Å²) >= 11 is 0. The maximum absolute atomic E-state index is 13.0. The number of aromatic nitrogens is 2. The van der Waals surface area contributed by atoms with Crippen molar-refractivity contribution < 1.29 is 27.6 Å². The lowest BCUT2D eigenvalue weighted by Crippen LogP contribution is -2.44. The summed E-state index contributed by atoms with van der Waals surface area (Å²) in [7, 11) is -0.329. The number of carbonyl (C=O) groups is 2. The van der Waals surface area contributed by atoms with Crippen LogP contribution < -0.4 is 5.73 Å². The molecule has 0 unspecified atom stereocenters. The van der Waals surface area contributed by atoms with Gasteiger partial charge in [0.25, 0.3) is 5.91 Å². The van der Waals surface area contributed by atoms with Crippen molar-refractivity contribution in [1.82, 2.24) is 14.8 Å². The second-order valence-electron chi connectivity index (χ2n) is 10.4. The van der Waals surface area contributed by atoms with Gasteiger partial charge in [-0.25, -0.2) is 13.5 Å². The second kappa shape index (κ2) is 12.3. The Morgan fingerprint density at radius 1 is 1.07 bits per heavy atom. The Balaban J connectivity index is 1.59. The molecule has 3 aromatic rings. The quantitative estimate of drug-likeness (QED) is 0.351. The molecule has 0 bridgehead atoms. The van der Waals surface area contributed by atoms with Crippen LogP contribution in [0.3, 0.4) is 0 Å². The van der Waals surface area contributed by atoms with Gasteiger partial charge in [0.1, 0.15) is 0 Å². The zero-order valence-corrected chi connectivity index (χ0v) is 23.9. The Labute approximate surface area is 234 Å². The Morgan fingerprint density at radius 2 is 1.73 bits per heavy atom. The average molecular weight is 569 g/mol. The molecule has 4 rings (SSSR count). The fraction of sp³-hybridized carbons (Fsp3) is 0.414. The number of hydrogen-bond donors (Lipinski definition) is 1. The average Bonchev–Trinajstić information content (AvgIpc) is 3.37. The lowest BCUT2D eigenvalue weighted by molar-refractivity contribution is -0.172. The third-order valence-electron chi connectivity index (χ3n) is 7.56. The molecular weight excluding hydrogens is 532 g/mol. The van der Waals surface area contributed by atoms with Gasteiger partial charge in [-0.15, -0.1) is 0 Å². The number of nitrogens with two attached hydrogens (primary N) is 1. The molecular formula is C29H36N4O6S. The Bertz CT molecular complexity index is 1430. The summed E-state index contributed by atoms with van der Waals surface area (Å²) in [5.74, 6) is -0.829. The number of carbonyl (C=O) groups excluding carboxylic acids is 2. The van der Waals surface area contributed by atoms with Gasteiger partial charge < -0.3 is 10.5 Å². The van der Waals surface area contributed by atoms with Crippen molar-refractivity contribution in [2.75, 3.05) is 20.4 Å². The molecule has 0 saturated heterocycles. The minimum atomic E-state index is -3.33. The molecule has 11 heteroatoms. The van der Waals surface area contributed by atoms with E-state index in [2.05, 4.69) is 0 Å². The number of hydrogen-bond acceptors (Lipinski definition) is 7. The van der Waals surface area contributed by atoms with Crippen molar-refractivity contribution in [3.8, 4) is 0 Å². The summed E-state index contributed by atoms with van der Waals surface area (Å²) in [6, 6.07) is 16.4. The zero-order chi connectivity index (χ0) is 28.9. The van der Waals surface area contributed by atoms with E-state index in [0.29, 0.717) is 38.0 Å². The molecule has 1 fully saturated rings.